The lowest BCUT2D eigenvalue weighted by Gasteiger charge is -2.46. The zero-order valence-corrected chi connectivity index (χ0v) is 26.3. The Morgan fingerprint density at radius 3 is 1.87 bits per heavy atom. The van der Waals surface area contributed by atoms with Gasteiger partial charge in [-0.05, 0) is 52.9 Å². The molecule has 3 aromatic carbocycles. The Labute approximate surface area is 238 Å². The molecule has 0 fully saturated rings. The monoisotopic (exact) mass is 543 g/mol. The van der Waals surface area contributed by atoms with Gasteiger partial charge < -0.3 is 14.4 Å². The molecule has 0 aliphatic carbocycles. The van der Waals surface area contributed by atoms with E-state index in [1.807, 2.05) is 6.07 Å². The van der Waals surface area contributed by atoms with Gasteiger partial charge in [0.25, 0.3) is 8.32 Å². The van der Waals surface area contributed by atoms with E-state index in [0.29, 0.717) is 19.0 Å². The molecule has 1 N–H and O–H groups in total. The average molecular weight is 544 g/mol. The number of aliphatic hydroxyl groups is 1. The van der Waals surface area contributed by atoms with E-state index in [9.17, 15) is 5.11 Å². The third kappa shape index (κ3) is 6.34. The smallest absolute Gasteiger partial charge is 0.261 e. The fourth-order valence-electron chi connectivity index (χ4n) is 6.25. The lowest BCUT2D eigenvalue weighted by Crippen LogP contribution is -2.67. The van der Waals surface area contributed by atoms with Crippen LogP contribution in [0.5, 0.6) is 0 Å². The summed E-state index contributed by atoms with van der Waals surface area (Å²) in [6, 6.07) is 27.6. The molecular formula is C35H49NO2Si. The van der Waals surface area contributed by atoms with E-state index in [0.717, 1.165) is 41.7 Å². The molecule has 3 aromatic rings. The summed E-state index contributed by atoms with van der Waals surface area (Å²) in [5.41, 5.74) is 0.950. The first kappa shape index (κ1) is 30.7. The van der Waals surface area contributed by atoms with Crippen LogP contribution in [-0.2, 0) is 4.43 Å². The first-order valence-electron chi connectivity index (χ1n) is 14.6. The molecule has 39 heavy (non-hydrogen) atoms. The Hall–Kier alpha value is -2.82. The molecule has 0 radical (unpaired) electrons. The van der Waals surface area contributed by atoms with Crippen LogP contribution in [-0.4, -0.2) is 37.0 Å². The van der Waals surface area contributed by atoms with Gasteiger partial charge in [0.1, 0.15) is 0 Å². The zero-order valence-electron chi connectivity index (χ0n) is 25.3. The summed E-state index contributed by atoms with van der Waals surface area (Å²) in [4.78, 5) is 2.23. The maximum absolute atomic E-state index is 11.9. The van der Waals surface area contributed by atoms with E-state index in [4.69, 9.17) is 4.43 Å². The Balaban J connectivity index is 2.14. The van der Waals surface area contributed by atoms with Crippen molar-refractivity contribution in [2.75, 3.05) is 13.2 Å². The molecule has 4 heteroatoms. The number of aryl methyl sites for hydroxylation is 1. The van der Waals surface area contributed by atoms with Gasteiger partial charge in [0.2, 0.25) is 0 Å². The number of aliphatic hydroxyl groups excluding tert-OH is 1. The lowest BCUT2D eigenvalue weighted by atomic mass is 9.85. The minimum Gasteiger partial charge on any atom is -0.494 e. The van der Waals surface area contributed by atoms with Crippen LogP contribution < -0.4 is 20.8 Å². The van der Waals surface area contributed by atoms with Crippen LogP contribution in [0.15, 0.2) is 78.9 Å². The highest BCUT2D eigenvalue weighted by Gasteiger charge is 2.50. The van der Waals surface area contributed by atoms with Gasteiger partial charge in [-0.2, -0.15) is 0 Å². The second-order valence-electron chi connectivity index (χ2n) is 11.8. The average Bonchev–Trinajstić information content (AvgIpc) is 2.93. The summed E-state index contributed by atoms with van der Waals surface area (Å²) in [7, 11) is -2.68. The molecule has 0 atom stereocenters. The molecule has 3 rings (SSSR count). The topological polar surface area (TPSA) is 32.7 Å². The molecule has 0 amide bonds. The van der Waals surface area contributed by atoms with Crippen molar-refractivity contribution in [1.82, 2.24) is 4.90 Å². The van der Waals surface area contributed by atoms with E-state index in [-0.39, 0.29) is 10.6 Å². The standard InChI is InChI=1S/C35H49NO2Si/c1-9-24-35(10-2,11-3)36(33(37)32-27-28(4)22-23-29(32)5)25-26-38-39(34(6,7)8,30-18-14-12-15-19-30)31-20-16-13-17-21-31/h12-23,27,37H,5,9-11,24-26H2,1-4,6-8H3/b33-32-. The van der Waals surface area contributed by atoms with Gasteiger partial charge in [-0.25, -0.2) is 0 Å². The van der Waals surface area contributed by atoms with Crippen molar-refractivity contribution >= 4 is 31.2 Å². The largest absolute Gasteiger partial charge is 0.494 e. The first-order valence-corrected chi connectivity index (χ1v) is 16.5. The van der Waals surface area contributed by atoms with E-state index >= 15 is 0 Å². The van der Waals surface area contributed by atoms with Crippen LogP contribution in [0.25, 0.3) is 12.5 Å². The number of benzene rings is 3. The zero-order chi connectivity index (χ0) is 28.7. The van der Waals surface area contributed by atoms with E-state index in [2.05, 4.69) is 133 Å². The highest BCUT2D eigenvalue weighted by molar-refractivity contribution is 6.99. The summed E-state index contributed by atoms with van der Waals surface area (Å²) < 4.78 is 7.26. The minimum absolute atomic E-state index is 0.0979. The van der Waals surface area contributed by atoms with Gasteiger partial charge in [0.05, 0.1) is 6.61 Å². The fourth-order valence-corrected chi connectivity index (χ4v) is 10.8. The number of hydrogen-bond acceptors (Lipinski definition) is 3. The van der Waals surface area contributed by atoms with Crippen molar-refractivity contribution in [3.05, 3.63) is 94.9 Å². The van der Waals surface area contributed by atoms with Gasteiger partial charge >= 0.3 is 0 Å². The number of nitrogens with zero attached hydrogens (tertiary/aromatic N) is 1. The van der Waals surface area contributed by atoms with Crippen LogP contribution in [0.3, 0.4) is 0 Å². The Kier molecular flexibility index (Phi) is 10.3. The molecule has 0 aliphatic rings. The van der Waals surface area contributed by atoms with Crippen LogP contribution in [0.2, 0.25) is 5.04 Å². The van der Waals surface area contributed by atoms with Gasteiger partial charge in [0, 0.05) is 17.3 Å². The minimum atomic E-state index is -2.68. The van der Waals surface area contributed by atoms with Crippen molar-refractivity contribution in [2.45, 2.75) is 84.7 Å². The van der Waals surface area contributed by atoms with Gasteiger partial charge in [0.15, 0.2) is 5.88 Å². The molecule has 0 aliphatic heterocycles. The maximum atomic E-state index is 11.9. The summed E-state index contributed by atoms with van der Waals surface area (Å²) in [6.45, 7) is 21.1. The molecule has 210 valence electrons. The van der Waals surface area contributed by atoms with E-state index in [1.54, 1.807) is 0 Å². The third-order valence-electron chi connectivity index (χ3n) is 8.42. The van der Waals surface area contributed by atoms with Crippen LogP contribution in [0.1, 0.15) is 72.8 Å². The molecule has 0 aromatic heterocycles. The lowest BCUT2D eigenvalue weighted by molar-refractivity contribution is 0.0798. The van der Waals surface area contributed by atoms with Crippen molar-refractivity contribution < 1.29 is 9.53 Å². The molecule has 0 heterocycles. The fraction of sp³-hybridized carbons (Fsp3) is 0.429. The normalized spacial score (nSPS) is 13.3. The van der Waals surface area contributed by atoms with Crippen molar-refractivity contribution in [3.8, 4) is 0 Å². The SMILES string of the molecule is C=c1ccc(C)c/c1=C(/O)N(CCO[Si](c1ccccc1)(c1ccccc1)C(C)(C)C)C(CC)(CC)CCC. The highest BCUT2D eigenvalue weighted by atomic mass is 28.4. The number of rotatable bonds is 12. The van der Waals surface area contributed by atoms with Gasteiger partial charge in [-0.15, -0.1) is 0 Å². The highest BCUT2D eigenvalue weighted by Crippen LogP contribution is 2.37. The predicted molar refractivity (Wildman–Crippen MR) is 170 cm³/mol. The molecular weight excluding hydrogens is 494 g/mol. The quantitative estimate of drug-likeness (QED) is 0.274. The molecule has 0 spiro atoms. The molecule has 0 saturated heterocycles. The Morgan fingerprint density at radius 1 is 0.872 bits per heavy atom. The van der Waals surface area contributed by atoms with Crippen molar-refractivity contribution in [2.24, 2.45) is 0 Å². The summed E-state index contributed by atoms with van der Waals surface area (Å²) >= 11 is 0. The van der Waals surface area contributed by atoms with Crippen LogP contribution in [0.4, 0.5) is 0 Å². The second kappa shape index (κ2) is 13.0. The van der Waals surface area contributed by atoms with E-state index in [1.165, 1.54) is 10.4 Å². The van der Waals surface area contributed by atoms with E-state index < -0.39 is 8.32 Å². The summed E-state index contributed by atoms with van der Waals surface area (Å²) in [6.07, 6.45) is 3.94. The Morgan fingerprint density at radius 2 is 1.41 bits per heavy atom. The van der Waals surface area contributed by atoms with Gasteiger partial charge in [-0.3, -0.25) is 0 Å². The summed E-state index contributed by atoms with van der Waals surface area (Å²) in [5, 5.41) is 16.0. The summed E-state index contributed by atoms with van der Waals surface area (Å²) in [5.74, 6) is 0.312. The third-order valence-corrected chi connectivity index (χ3v) is 13.5. The van der Waals surface area contributed by atoms with Gasteiger partial charge in [-0.1, -0.05) is 133 Å². The van der Waals surface area contributed by atoms with Crippen molar-refractivity contribution in [3.63, 3.8) is 0 Å². The van der Waals surface area contributed by atoms with Crippen LogP contribution >= 0.6 is 0 Å². The molecule has 0 unspecified atom stereocenters. The molecule has 0 saturated carbocycles. The second-order valence-corrected chi connectivity index (χ2v) is 16.1. The van der Waals surface area contributed by atoms with Crippen LogP contribution in [0, 0.1) is 6.92 Å². The predicted octanol–water partition coefficient (Wildman–Crippen LogP) is 6.27. The Bertz CT molecular complexity index is 1250. The maximum Gasteiger partial charge on any atom is 0.261 e. The van der Waals surface area contributed by atoms with Crippen molar-refractivity contribution in [1.29, 1.82) is 0 Å². The molecule has 3 nitrogen and oxygen atoms in total. The number of hydrogen-bond donors (Lipinski definition) is 1. The molecule has 0 bridgehead atoms. The first-order chi connectivity index (χ1) is 18.6.